The Labute approximate surface area is 128 Å². The number of hydrogen-bond acceptors (Lipinski definition) is 4. The molecule has 1 aliphatic heterocycles. The zero-order valence-electron chi connectivity index (χ0n) is 11.9. The largest absolute Gasteiger partial charge is 0.286 e. The molecular weight excluding hydrogens is 306 g/mol. The number of carbonyl (C=O) groups excluding carboxylic acids is 2. The Hall–Kier alpha value is -1.73. The van der Waals surface area contributed by atoms with Crippen LogP contribution in [0.15, 0.2) is 24.3 Å². The van der Waals surface area contributed by atoms with Crippen LogP contribution in [-0.4, -0.2) is 41.5 Å². The summed E-state index contributed by atoms with van der Waals surface area (Å²) in [7, 11) is -3.97. The van der Waals surface area contributed by atoms with Crippen molar-refractivity contribution in [2.45, 2.75) is 31.7 Å². The van der Waals surface area contributed by atoms with E-state index in [1.165, 1.54) is 4.90 Å². The molecule has 0 atom stereocenters. The Morgan fingerprint density at radius 3 is 1.95 bits per heavy atom. The molecule has 0 spiro atoms. The number of nitrogens with zero attached hydrogens (tertiary/aromatic N) is 1. The van der Waals surface area contributed by atoms with Crippen LogP contribution in [0.2, 0.25) is 0 Å². The normalized spacial score (nSPS) is 25.4. The SMILES string of the molecule is O=C1c2ccccc2C(=O)N1C1CCC(CS(=O)(=O)O)CC1. The van der Waals surface area contributed by atoms with E-state index in [0.717, 1.165) is 0 Å². The van der Waals surface area contributed by atoms with Crippen molar-refractivity contribution < 1.29 is 22.6 Å². The van der Waals surface area contributed by atoms with Crippen molar-refractivity contribution in [3.8, 4) is 0 Å². The first-order valence-corrected chi connectivity index (χ1v) is 8.90. The van der Waals surface area contributed by atoms with E-state index in [4.69, 9.17) is 4.55 Å². The van der Waals surface area contributed by atoms with E-state index in [2.05, 4.69) is 0 Å². The van der Waals surface area contributed by atoms with Crippen molar-refractivity contribution in [3.63, 3.8) is 0 Å². The summed E-state index contributed by atoms with van der Waals surface area (Å²) in [5.41, 5.74) is 0.875. The van der Waals surface area contributed by atoms with Gasteiger partial charge >= 0.3 is 0 Å². The second-order valence-corrected chi connectivity index (χ2v) is 7.45. The topological polar surface area (TPSA) is 91.8 Å². The average Bonchev–Trinajstić information content (AvgIpc) is 2.71. The zero-order chi connectivity index (χ0) is 15.9. The van der Waals surface area contributed by atoms with E-state index in [9.17, 15) is 18.0 Å². The Bertz CT molecular complexity index is 684. The molecule has 0 saturated heterocycles. The third-order valence-corrected chi connectivity index (χ3v) is 5.35. The minimum atomic E-state index is -3.97. The Balaban J connectivity index is 1.71. The Morgan fingerprint density at radius 1 is 1.00 bits per heavy atom. The predicted molar refractivity (Wildman–Crippen MR) is 79.1 cm³/mol. The number of fused-ring (bicyclic) bond motifs is 1. The van der Waals surface area contributed by atoms with Crippen LogP contribution in [0.5, 0.6) is 0 Å². The molecular formula is C15H17NO5S. The van der Waals surface area contributed by atoms with Gasteiger partial charge in [-0.2, -0.15) is 8.42 Å². The van der Waals surface area contributed by atoms with Crippen molar-refractivity contribution in [3.05, 3.63) is 35.4 Å². The number of rotatable bonds is 3. The smallest absolute Gasteiger partial charge is 0.265 e. The Kier molecular flexibility index (Phi) is 3.78. The predicted octanol–water partition coefficient (Wildman–Crippen LogP) is 1.73. The number of carbonyl (C=O) groups is 2. The molecule has 6 nitrogen and oxygen atoms in total. The summed E-state index contributed by atoms with van der Waals surface area (Å²) in [4.78, 5) is 26.1. The summed E-state index contributed by atoms with van der Waals surface area (Å²) in [6.45, 7) is 0. The molecule has 2 amide bonds. The van der Waals surface area contributed by atoms with Gasteiger partial charge < -0.3 is 0 Å². The minimum absolute atomic E-state index is 0.110. The lowest BCUT2D eigenvalue weighted by atomic mass is 9.86. The van der Waals surface area contributed by atoms with Crippen LogP contribution in [0, 0.1) is 5.92 Å². The highest BCUT2D eigenvalue weighted by molar-refractivity contribution is 7.85. The van der Waals surface area contributed by atoms with Crippen molar-refractivity contribution >= 4 is 21.9 Å². The maximum atomic E-state index is 12.4. The lowest BCUT2D eigenvalue weighted by Gasteiger charge is -2.33. The van der Waals surface area contributed by atoms with Gasteiger partial charge in [0.15, 0.2) is 0 Å². The first-order chi connectivity index (χ1) is 10.4. The summed E-state index contributed by atoms with van der Waals surface area (Å²) in [5.74, 6) is -0.888. The van der Waals surface area contributed by atoms with E-state index in [-0.39, 0.29) is 29.5 Å². The summed E-state index contributed by atoms with van der Waals surface area (Å²) < 4.78 is 30.8. The van der Waals surface area contributed by atoms with Gasteiger partial charge in [0.2, 0.25) is 0 Å². The lowest BCUT2D eigenvalue weighted by Crippen LogP contribution is -2.42. The highest BCUT2D eigenvalue weighted by Gasteiger charge is 2.41. The first-order valence-electron chi connectivity index (χ1n) is 7.29. The summed E-state index contributed by atoms with van der Waals surface area (Å²) in [5, 5.41) is 0. The number of benzene rings is 1. The van der Waals surface area contributed by atoms with Crippen LogP contribution in [0.25, 0.3) is 0 Å². The van der Waals surface area contributed by atoms with Gasteiger partial charge in [-0.25, -0.2) is 0 Å². The zero-order valence-corrected chi connectivity index (χ0v) is 12.8. The standard InChI is InChI=1S/C15H17NO5S/c17-14-12-3-1-2-4-13(12)15(18)16(14)11-7-5-10(6-8-11)9-22(19,20)21/h1-4,10-11H,5-9H2,(H,19,20,21). The van der Waals surface area contributed by atoms with Gasteiger partial charge in [0.1, 0.15) is 0 Å². The number of hydrogen-bond donors (Lipinski definition) is 1. The third-order valence-electron chi connectivity index (χ3n) is 4.45. The van der Waals surface area contributed by atoms with Gasteiger partial charge in [-0.15, -0.1) is 0 Å². The average molecular weight is 323 g/mol. The monoisotopic (exact) mass is 323 g/mol. The third kappa shape index (κ3) is 2.78. The molecule has 1 saturated carbocycles. The van der Waals surface area contributed by atoms with Gasteiger partial charge in [-0.05, 0) is 43.7 Å². The van der Waals surface area contributed by atoms with E-state index in [0.29, 0.717) is 36.8 Å². The van der Waals surface area contributed by atoms with Crippen molar-refractivity contribution in [1.29, 1.82) is 0 Å². The van der Waals surface area contributed by atoms with E-state index in [1.807, 2.05) is 0 Å². The number of imide groups is 1. The van der Waals surface area contributed by atoms with Crippen LogP contribution in [0.1, 0.15) is 46.4 Å². The van der Waals surface area contributed by atoms with E-state index in [1.54, 1.807) is 24.3 Å². The van der Waals surface area contributed by atoms with Crippen LogP contribution in [0.4, 0.5) is 0 Å². The molecule has 118 valence electrons. The lowest BCUT2D eigenvalue weighted by molar-refractivity contribution is 0.0533. The highest BCUT2D eigenvalue weighted by Crippen LogP contribution is 2.33. The molecule has 1 aromatic carbocycles. The maximum Gasteiger partial charge on any atom is 0.265 e. The molecule has 1 aliphatic carbocycles. The maximum absolute atomic E-state index is 12.4. The fourth-order valence-electron chi connectivity index (χ4n) is 3.41. The molecule has 22 heavy (non-hydrogen) atoms. The molecule has 0 aromatic heterocycles. The van der Waals surface area contributed by atoms with Gasteiger partial charge in [-0.1, -0.05) is 12.1 Å². The molecule has 1 heterocycles. The minimum Gasteiger partial charge on any atom is -0.286 e. The first kappa shape index (κ1) is 15.2. The quantitative estimate of drug-likeness (QED) is 0.675. The van der Waals surface area contributed by atoms with Crippen LogP contribution >= 0.6 is 0 Å². The van der Waals surface area contributed by atoms with Gasteiger partial charge in [0.05, 0.1) is 16.9 Å². The number of amides is 2. The summed E-state index contributed by atoms with van der Waals surface area (Å²) in [6, 6.07) is 6.58. The summed E-state index contributed by atoms with van der Waals surface area (Å²) >= 11 is 0. The van der Waals surface area contributed by atoms with Gasteiger partial charge in [-0.3, -0.25) is 19.0 Å². The molecule has 3 rings (SSSR count). The van der Waals surface area contributed by atoms with Crippen LogP contribution in [0.3, 0.4) is 0 Å². The molecule has 0 radical (unpaired) electrons. The van der Waals surface area contributed by atoms with E-state index < -0.39 is 10.1 Å². The molecule has 1 fully saturated rings. The van der Waals surface area contributed by atoms with Crippen LogP contribution in [-0.2, 0) is 10.1 Å². The Morgan fingerprint density at radius 2 is 1.50 bits per heavy atom. The molecule has 1 N–H and O–H groups in total. The van der Waals surface area contributed by atoms with Gasteiger partial charge in [0, 0.05) is 6.04 Å². The fourth-order valence-corrected chi connectivity index (χ4v) is 4.34. The van der Waals surface area contributed by atoms with Crippen molar-refractivity contribution in [2.75, 3.05) is 5.75 Å². The summed E-state index contributed by atoms with van der Waals surface area (Å²) in [6.07, 6.45) is 2.31. The van der Waals surface area contributed by atoms with Crippen molar-refractivity contribution in [2.24, 2.45) is 5.92 Å². The highest BCUT2D eigenvalue weighted by atomic mass is 32.2. The second kappa shape index (κ2) is 5.48. The molecule has 2 aliphatic rings. The van der Waals surface area contributed by atoms with Gasteiger partial charge in [0.25, 0.3) is 21.9 Å². The fraction of sp³-hybridized carbons (Fsp3) is 0.467. The van der Waals surface area contributed by atoms with Crippen LogP contribution < -0.4 is 0 Å². The van der Waals surface area contributed by atoms with E-state index >= 15 is 0 Å². The van der Waals surface area contributed by atoms with Crippen molar-refractivity contribution in [1.82, 2.24) is 4.90 Å². The second-order valence-electron chi connectivity index (χ2n) is 5.95. The molecule has 1 aromatic rings. The molecule has 0 unspecified atom stereocenters. The molecule has 0 bridgehead atoms. The molecule has 7 heteroatoms.